The Morgan fingerprint density at radius 3 is 2.67 bits per heavy atom. The van der Waals surface area contributed by atoms with Crippen LogP contribution in [0.2, 0.25) is 0 Å². The van der Waals surface area contributed by atoms with Crippen LogP contribution in [0.4, 0.5) is 0 Å². The zero-order chi connectivity index (χ0) is 11.5. The quantitative estimate of drug-likeness (QED) is 0.762. The molecule has 90 valence electrons. The Morgan fingerprint density at radius 2 is 2.20 bits per heavy atom. The summed E-state index contributed by atoms with van der Waals surface area (Å²) in [5.41, 5.74) is 6.08. The lowest BCUT2D eigenvalue weighted by Gasteiger charge is -2.27. The van der Waals surface area contributed by atoms with Crippen molar-refractivity contribution in [3.8, 4) is 0 Å². The van der Waals surface area contributed by atoms with Gasteiger partial charge < -0.3 is 15.2 Å². The summed E-state index contributed by atoms with van der Waals surface area (Å²) in [7, 11) is 1.75. The van der Waals surface area contributed by atoms with Gasteiger partial charge in [0.25, 0.3) is 0 Å². The van der Waals surface area contributed by atoms with Crippen LogP contribution in [-0.2, 0) is 9.47 Å². The van der Waals surface area contributed by atoms with Gasteiger partial charge in [0.1, 0.15) is 0 Å². The molecule has 1 aliphatic heterocycles. The second-order valence-corrected chi connectivity index (χ2v) is 5.27. The Bertz CT molecular complexity index is 194. The predicted molar refractivity (Wildman–Crippen MR) is 61.8 cm³/mol. The molecule has 15 heavy (non-hydrogen) atoms. The number of methoxy groups -OCH3 is 1. The number of nitrogens with two attached hydrogens (primary N) is 1. The Kier molecular flexibility index (Phi) is 4.56. The average Bonchev–Trinajstić information content (AvgIpc) is 2.61. The van der Waals surface area contributed by atoms with Crippen LogP contribution in [0.15, 0.2) is 0 Å². The molecule has 1 saturated heterocycles. The molecule has 1 heterocycles. The first-order valence-corrected chi connectivity index (χ1v) is 5.88. The standard InChI is InChI=1S/C12H25NO2/c1-9-6-8-15-11(9)10(13)5-7-12(2,3)14-4/h9-11H,5-8,13H2,1-4H3. The summed E-state index contributed by atoms with van der Waals surface area (Å²) in [6.07, 6.45) is 3.34. The second-order valence-electron chi connectivity index (χ2n) is 5.27. The lowest BCUT2D eigenvalue weighted by atomic mass is 9.91. The smallest absolute Gasteiger partial charge is 0.0752 e. The first kappa shape index (κ1) is 12.9. The summed E-state index contributed by atoms with van der Waals surface area (Å²) in [5, 5.41) is 0. The Balaban J connectivity index is 2.32. The van der Waals surface area contributed by atoms with E-state index in [1.165, 1.54) is 0 Å². The maximum atomic E-state index is 6.15. The van der Waals surface area contributed by atoms with E-state index in [2.05, 4.69) is 20.8 Å². The fraction of sp³-hybridized carbons (Fsp3) is 1.00. The summed E-state index contributed by atoms with van der Waals surface area (Å²) in [6, 6.07) is 0.150. The number of ether oxygens (including phenoxy) is 2. The highest BCUT2D eigenvalue weighted by atomic mass is 16.5. The van der Waals surface area contributed by atoms with E-state index in [4.69, 9.17) is 15.2 Å². The van der Waals surface area contributed by atoms with E-state index < -0.39 is 0 Å². The van der Waals surface area contributed by atoms with E-state index >= 15 is 0 Å². The van der Waals surface area contributed by atoms with Gasteiger partial charge in [-0.1, -0.05) is 6.92 Å². The van der Waals surface area contributed by atoms with Crippen molar-refractivity contribution in [2.45, 2.75) is 57.8 Å². The molecular weight excluding hydrogens is 190 g/mol. The molecule has 0 radical (unpaired) electrons. The number of hydrogen-bond acceptors (Lipinski definition) is 3. The lowest BCUT2D eigenvalue weighted by Crippen LogP contribution is -2.39. The summed E-state index contributed by atoms with van der Waals surface area (Å²) < 4.78 is 11.0. The third kappa shape index (κ3) is 3.74. The Labute approximate surface area is 93.3 Å². The molecule has 1 fully saturated rings. The van der Waals surface area contributed by atoms with Crippen molar-refractivity contribution in [3.63, 3.8) is 0 Å². The van der Waals surface area contributed by atoms with E-state index in [0.717, 1.165) is 25.9 Å². The predicted octanol–water partition coefficient (Wildman–Crippen LogP) is 1.94. The molecule has 0 spiro atoms. The summed E-state index contributed by atoms with van der Waals surface area (Å²) >= 11 is 0. The van der Waals surface area contributed by atoms with Crippen molar-refractivity contribution in [2.24, 2.45) is 11.7 Å². The Hall–Kier alpha value is -0.120. The molecule has 0 saturated carbocycles. The second kappa shape index (κ2) is 5.28. The van der Waals surface area contributed by atoms with Crippen LogP contribution in [0.3, 0.4) is 0 Å². The van der Waals surface area contributed by atoms with E-state index in [-0.39, 0.29) is 17.7 Å². The zero-order valence-electron chi connectivity index (χ0n) is 10.5. The first-order chi connectivity index (χ1) is 6.96. The molecule has 3 nitrogen and oxygen atoms in total. The van der Waals surface area contributed by atoms with Crippen molar-refractivity contribution < 1.29 is 9.47 Å². The van der Waals surface area contributed by atoms with Gasteiger partial charge in [0, 0.05) is 19.8 Å². The molecular formula is C12H25NO2. The molecule has 1 rings (SSSR count). The first-order valence-electron chi connectivity index (χ1n) is 5.88. The Morgan fingerprint density at radius 1 is 1.53 bits per heavy atom. The minimum Gasteiger partial charge on any atom is -0.379 e. The van der Waals surface area contributed by atoms with Gasteiger partial charge in [0.05, 0.1) is 11.7 Å². The molecule has 0 bridgehead atoms. The molecule has 0 aromatic heterocycles. The molecule has 0 aromatic carbocycles. The van der Waals surface area contributed by atoms with Crippen molar-refractivity contribution in [2.75, 3.05) is 13.7 Å². The summed E-state index contributed by atoms with van der Waals surface area (Å²) in [6.45, 7) is 7.28. The zero-order valence-corrected chi connectivity index (χ0v) is 10.5. The van der Waals surface area contributed by atoms with Gasteiger partial charge in [0.15, 0.2) is 0 Å². The molecule has 0 aromatic rings. The van der Waals surface area contributed by atoms with Gasteiger partial charge in [-0.3, -0.25) is 0 Å². The molecule has 1 aliphatic rings. The highest BCUT2D eigenvalue weighted by Crippen LogP contribution is 2.25. The maximum Gasteiger partial charge on any atom is 0.0752 e. The summed E-state index contributed by atoms with van der Waals surface area (Å²) in [5.74, 6) is 0.602. The van der Waals surface area contributed by atoms with Crippen LogP contribution in [0.5, 0.6) is 0 Å². The molecule has 3 atom stereocenters. The van der Waals surface area contributed by atoms with E-state index in [1.807, 2.05) is 0 Å². The molecule has 0 aliphatic carbocycles. The number of hydrogen-bond donors (Lipinski definition) is 1. The SMILES string of the molecule is COC(C)(C)CCC(N)C1OCCC1C. The minimum absolute atomic E-state index is 0.0700. The van der Waals surface area contributed by atoms with Gasteiger partial charge >= 0.3 is 0 Å². The topological polar surface area (TPSA) is 44.5 Å². The third-order valence-corrected chi connectivity index (χ3v) is 3.50. The highest BCUT2D eigenvalue weighted by Gasteiger charge is 2.30. The van der Waals surface area contributed by atoms with Gasteiger partial charge in [-0.2, -0.15) is 0 Å². The highest BCUT2D eigenvalue weighted by molar-refractivity contribution is 4.84. The van der Waals surface area contributed by atoms with Crippen LogP contribution in [0.25, 0.3) is 0 Å². The molecule has 0 amide bonds. The van der Waals surface area contributed by atoms with Gasteiger partial charge in [-0.25, -0.2) is 0 Å². The molecule has 3 heteroatoms. The third-order valence-electron chi connectivity index (χ3n) is 3.50. The van der Waals surface area contributed by atoms with Crippen molar-refractivity contribution in [1.82, 2.24) is 0 Å². The van der Waals surface area contributed by atoms with E-state index in [1.54, 1.807) is 7.11 Å². The number of rotatable bonds is 5. The summed E-state index contributed by atoms with van der Waals surface area (Å²) in [4.78, 5) is 0. The molecule has 2 N–H and O–H groups in total. The molecule has 3 unspecified atom stereocenters. The van der Waals surface area contributed by atoms with Gasteiger partial charge in [-0.05, 0) is 39.0 Å². The van der Waals surface area contributed by atoms with Crippen molar-refractivity contribution in [1.29, 1.82) is 0 Å². The fourth-order valence-corrected chi connectivity index (χ4v) is 2.04. The van der Waals surface area contributed by atoms with Crippen LogP contribution in [0.1, 0.15) is 40.0 Å². The minimum atomic E-state index is -0.0700. The van der Waals surface area contributed by atoms with Gasteiger partial charge in [0.2, 0.25) is 0 Å². The maximum absolute atomic E-state index is 6.15. The van der Waals surface area contributed by atoms with Crippen molar-refractivity contribution >= 4 is 0 Å². The van der Waals surface area contributed by atoms with Crippen LogP contribution >= 0.6 is 0 Å². The average molecular weight is 215 g/mol. The van der Waals surface area contributed by atoms with Crippen LogP contribution < -0.4 is 5.73 Å². The van der Waals surface area contributed by atoms with Crippen LogP contribution in [0, 0.1) is 5.92 Å². The van der Waals surface area contributed by atoms with E-state index in [9.17, 15) is 0 Å². The van der Waals surface area contributed by atoms with Gasteiger partial charge in [-0.15, -0.1) is 0 Å². The van der Waals surface area contributed by atoms with Crippen molar-refractivity contribution in [3.05, 3.63) is 0 Å². The van der Waals surface area contributed by atoms with E-state index in [0.29, 0.717) is 5.92 Å². The van der Waals surface area contributed by atoms with Crippen LogP contribution in [-0.4, -0.2) is 31.5 Å². The normalized spacial score (nSPS) is 29.4. The lowest BCUT2D eigenvalue weighted by molar-refractivity contribution is 0.00451. The largest absolute Gasteiger partial charge is 0.379 e. The monoisotopic (exact) mass is 215 g/mol. The fourth-order valence-electron chi connectivity index (χ4n) is 2.04.